The van der Waals surface area contributed by atoms with Gasteiger partial charge in [-0.15, -0.1) is 23.5 Å². The monoisotopic (exact) mass is 339 g/mol. The predicted octanol–water partition coefficient (Wildman–Crippen LogP) is 2.70. The molecule has 2 aliphatic heterocycles. The minimum absolute atomic E-state index is 0.0352. The molecule has 0 aromatic heterocycles. The zero-order valence-corrected chi connectivity index (χ0v) is 14.1. The summed E-state index contributed by atoms with van der Waals surface area (Å²) in [5, 5.41) is 2.91. The molecule has 22 heavy (non-hydrogen) atoms. The fourth-order valence-corrected chi connectivity index (χ4v) is 5.33. The van der Waals surface area contributed by atoms with Crippen LogP contribution in [0.25, 0.3) is 0 Å². The highest BCUT2D eigenvalue weighted by Gasteiger charge is 2.18. The molecule has 1 atom stereocenters. The molecule has 0 saturated carbocycles. The van der Waals surface area contributed by atoms with E-state index in [1.165, 1.54) is 23.5 Å². The molecule has 3 rings (SSSR count). The van der Waals surface area contributed by atoms with Crippen LogP contribution in [0.4, 0.5) is 0 Å². The van der Waals surface area contributed by atoms with Gasteiger partial charge < -0.3 is 14.8 Å². The standard InChI is InChI=1S/C16H21NO3S2/c18-15(17-10-14-11-19-6-7-20-14)12-2-4-13(5-3-12)16-21-8-1-9-22-16/h2-5,14,16H,1,6-11H2,(H,17,18)/t14-/m0/s1. The Morgan fingerprint density at radius 2 is 1.95 bits per heavy atom. The summed E-state index contributed by atoms with van der Waals surface area (Å²) in [6.07, 6.45) is 1.26. The lowest BCUT2D eigenvalue weighted by atomic mass is 10.1. The summed E-state index contributed by atoms with van der Waals surface area (Å²) in [7, 11) is 0. The number of amides is 1. The second-order valence-corrected chi connectivity index (χ2v) is 8.05. The number of carbonyl (C=O) groups is 1. The van der Waals surface area contributed by atoms with E-state index in [1.54, 1.807) is 0 Å². The van der Waals surface area contributed by atoms with Crippen molar-refractivity contribution >= 4 is 29.4 Å². The van der Waals surface area contributed by atoms with E-state index in [0.717, 1.165) is 0 Å². The highest BCUT2D eigenvalue weighted by Crippen LogP contribution is 2.43. The van der Waals surface area contributed by atoms with Gasteiger partial charge in [0.05, 0.1) is 30.5 Å². The van der Waals surface area contributed by atoms with Gasteiger partial charge in [0.15, 0.2) is 0 Å². The van der Waals surface area contributed by atoms with Gasteiger partial charge in [0.1, 0.15) is 0 Å². The van der Waals surface area contributed by atoms with Gasteiger partial charge in [-0.05, 0) is 35.6 Å². The Morgan fingerprint density at radius 1 is 1.18 bits per heavy atom. The number of benzene rings is 1. The van der Waals surface area contributed by atoms with Crippen molar-refractivity contribution in [2.45, 2.75) is 17.1 Å². The van der Waals surface area contributed by atoms with Crippen LogP contribution >= 0.6 is 23.5 Å². The van der Waals surface area contributed by atoms with Gasteiger partial charge in [-0.25, -0.2) is 0 Å². The normalized spacial score (nSPS) is 23.2. The zero-order chi connectivity index (χ0) is 15.2. The summed E-state index contributed by atoms with van der Waals surface area (Å²) in [6.45, 7) is 2.29. The summed E-state index contributed by atoms with van der Waals surface area (Å²) in [6, 6.07) is 7.98. The highest BCUT2D eigenvalue weighted by molar-refractivity contribution is 8.16. The topological polar surface area (TPSA) is 47.6 Å². The lowest BCUT2D eigenvalue weighted by Gasteiger charge is -2.23. The van der Waals surface area contributed by atoms with E-state index in [-0.39, 0.29) is 12.0 Å². The van der Waals surface area contributed by atoms with Crippen LogP contribution in [0.5, 0.6) is 0 Å². The molecule has 2 fully saturated rings. The third-order valence-electron chi connectivity index (χ3n) is 3.65. The number of carbonyl (C=O) groups excluding carboxylic acids is 1. The van der Waals surface area contributed by atoms with Crippen LogP contribution < -0.4 is 5.32 Å². The minimum Gasteiger partial charge on any atom is -0.376 e. The Labute approximate surface area is 139 Å². The van der Waals surface area contributed by atoms with Crippen molar-refractivity contribution in [2.24, 2.45) is 0 Å². The second kappa shape index (κ2) is 8.24. The van der Waals surface area contributed by atoms with E-state index in [9.17, 15) is 4.79 Å². The largest absolute Gasteiger partial charge is 0.376 e. The van der Waals surface area contributed by atoms with Gasteiger partial charge in [-0.3, -0.25) is 4.79 Å². The summed E-state index contributed by atoms with van der Waals surface area (Å²) < 4.78 is 11.4. The van der Waals surface area contributed by atoms with Gasteiger partial charge in [0, 0.05) is 12.1 Å². The first kappa shape index (κ1) is 16.2. The highest BCUT2D eigenvalue weighted by atomic mass is 32.2. The Morgan fingerprint density at radius 3 is 2.64 bits per heavy atom. The van der Waals surface area contributed by atoms with Crippen molar-refractivity contribution in [3.63, 3.8) is 0 Å². The predicted molar refractivity (Wildman–Crippen MR) is 91.6 cm³/mol. The molecule has 1 N–H and O–H groups in total. The van der Waals surface area contributed by atoms with Gasteiger partial charge >= 0.3 is 0 Å². The van der Waals surface area contributed by atoms with Gasteiger partial charge in [-0.1, -0.05) is 12.1 Å². The first-order valence-electron chi connectivity index (χ1n) is 7.63. The van der Waals surface area contributed by atoms with Crippen LogP contribution in [0.2, 0.25) is 0 Å². The summed E-state index contributed by atoms with van der Waals surface area (Å²) >= 11 is 3.98. The van der Waals surface area contributed by atoms with Crippen LogP contribution in [-0.4, -0.2) is 49.9 Å². The molecule has 2 heterocycles. The van der Waals surface area contributed by atoms with Crippen LogP contribution in [0.15, 0.2) is 24.3 Å². The number of ether oxygens (including phenoxy) is 2. The van der Waals surface area contributed by atoms with Crippen molar-refractivity contribution < 1.29 is 14.3 Å². The fraction of sp³-hybridized carbons (Fsp3) is 0.562. The van der Waals surface area contributed by atoms with E-state index >= 15 is 0 Å². The molecular formula is C16H21NO3S2. The van der Waals surface area contributed by atoms with Crippen molar-refractivity contribution in [1.29, 1.82) is 0 Å². The zero-order valence-electron chi connectivity index (χ0n) is 12.5. The fourth-order valence-electron chi connectivity index (χ4n) is 2.43. The molecule has 2 aliphatic rings. The van der Waals surface area contributed by atoms with Crippen LogP contribution in [-0.2, 0) is 9.47 Å². The molecule has 0 radical (unpaired) electrons. The quantitative estimate of drug-likeness (QED) is 0.914. The number of thioether (sulfide) groups is 2. The van der Waals surface area contributed by atoms with E-state index < -0.39 is 0 Å². The number of rotatable bonds is 4. The molecule has 1 amide bonds. The van der Waals surface area contributed by atoms with Crippen LogP contribution in [0.1, 0.15) is 26.9 Å². The first-order valence-corrected chi connectivity index (χ1v) is 9.73. The van der Waals surface area contributed by atoms with Gasteiger partial charge in [-0.2, -0.15) is 0 Å². The molecule has 6 heteroatoms. The molecule has 0 aliphatic carbocycles. The Bertz CT molecular complexity index is 483. The van der Waals surface area contributed by atoms with Gasteiger partial charge in [0.2, 0.25) is 0 Å². The van der Waals surface area contributed by atoms with E-state index in [4.69, 9.17) is 9.47 Å². The average Bonchev–Trinajstić information content (AvgIpc) is 2.61. The van der Waals surface area contributed by atoms with E-state index in [0.29, 0.717) is 36.5 Å². The van der Waals surface area contributed by atoms with Crippen LogP contribution in [0, 0.1) is 0 Å². The third-order valence-corrected chi connectivity index (χ3v) is 6.66. The summed E-state index contributed by atoms with van der Waals surface area (Å²) in [4.78, 5) is 12.2. The smallest absolute Gasteiger partial charge is 0.251 e. The molecule has 1 aromatic rings. The molecule has 0 bridgehead atoms. The lowest BCUT2D eigenvalue weighted by Crippen LogP contribution is -2.39. The third kappa shape index (κ3) is 4.41. The first-order chi connectivity index (χ1) is 10.8. The average molecular weight is 339 g/mol. The van der Waals surface area contributed by atoms with Crippen LogP contribution in [0.3, 0.4) is 0 Å². The second-order valence-electron chi connectivity index (χ2n) is 5.33. The van der Waals surface area contributed by atoms with E-state index in [1.807, 2.05) is 35.7 Å². The maximum Gasteiger partial charge on any atom is 0.251 e. The van der Waals surface area contributed by atoms with Crippen molar-refractivity contribution in [3.8, 4) is 0 Å². The Kier molecular flexibility index (Phi) is 6.06. The van der Waals surface area contributed by atoms with Crippen molar-refractivity contribution in [2.75, 3.05) is 37.9 Å². The number of nitrogens with one attached hydrogen (secondary N) is 1. The maximum atomic E-state index is 12.2. The molecule has 1 aromatic carbocycles. The molecule has 0 unspecified atom stereocenters. The summed E-state index contributed by atoms with van der Waals surface area (Å²) in [5.41, 5.74) is 2.00. The van der Waals surface area contributed by atoms with Crippen molar-refractivity contribution in [1.82, 2.24) is 5.32 Å². The molecular weight excluding hydrogens is 318 g/mol. The minimum atomic E-state index is -0.0512. The maximum absolute atomic E-state index is 12.2. The Balaban J connectivity index is 1.51. The van der Waals surface area contributed by atoms with Gasteiger partial charge in [0.25, 0.3) is 5.91 Å². The molecule has 120 valence electrons. The number of hydrogen-bond donors (Lipinski definition) is 1. The lowest BCUT2D eigenvalue weighted by molar-refractivity contribution is -0.0855. The SMILES string of the molecule is O=C(NC[C@H]1COCCO1)c1ccc(C2SCCCS2)cc1. The summed E-state index contributed by atoms with van der Waals surface area (Å²) in [5.74, 6) is 2.40. The molecule has 4 nitrogen and oxygen atoms in total. The molecule has 0 spiro atoms. The molecule has 2 saturated heterocycles. The Hall–Kier alpha value is -0.690. The number of hydrogen-bond acceptors (Lipinski definition) is 5. The van der Waals surface area contributed by atoms with Crippen molar-refractivity contribution in [3.05, 3.63) is 35.4 Å². The van der Waals surface area contributed by atoms with E-state index in [2.05, 4.69) is 17.4 Å².